The minimum Gasteiger partial charge on any atom is -0.376 e. The van der Waals surface area contributed by atoms with Crippen LogP contribution in [0.4, 0.5) is 0 Å². The van der Waals surface area contributed by atoms with Gasteiger partial charge in [0.2, 0.25) is 5.91 Å². The molecule has 0 spiro atoms. The molecule has 0 aromatic heterocycles. The maximum Gasteiger partial charge on any atom is 0.229 e. The predicted molar refractivity (Wildman–Crippen MR) is 71.4 cm³/mol. The van der Waals surface area contributed by atoms with Gasteiger partial charge < -0.3 is 15.0 Å². The highest BCUT2D eigenvalue weighted by Gasteiger charge is 2.41. The van der Waals surface area contributed by atoms with Gasteiger partial charge in [-0.3, -0.25) is 4.79 Å². The molecule has 2 atom stereocenters. The van der Waals surface area contributed by atoms with Crippen LogP contribution in [0.1, 0.15) is 39.0 Å². The summed E-state index contributed by atoms with van der Waals surface area (Å²) < 4.78 is 5.72. The minimum absolute atomic E-state index is 0.163. The van der Waals surface area contributed by atoms with Crippen LogP contribution in [0, 0.1) is 5.41 Å². The number of carbonyl (C=O) groups is 1. The fourth-order valence-electron chi connectivity index (χ4n) is 3.12. The molecule has 4 nitrogen and oxygen atoms in total. The van der Waals surface area contributed by atoms with E-state index >= 15 is 0 Å². The summed E-state index contributed by atoms with van der Waals surface area (Å²) in [5.74, 6) is 0.296. The Morgan fingerprint density at radius 2 is 2.33 bits per heavy atom. The highest BCUT2D eigenvalue weighted by molar-refractivity contribution is 5.83. The molecule has 0 aliphatic carbocycles. The van der Waals surface area contributed by atoms with Crippen molar-refractivity contribution in [2.75, 3.05) is 33.3 Å². The van der Waals surface area contributed by atoms with Crippen LogP contribution < -0.4 is 5.32 Å². The first-order valence-electron chi connectivity index (χ1n) is 7.26. The van der Waals surface area contributed by atoms with Gasteiger partial charge in [0.05, 0.1) is 11.5 Å². The average Bonchev–Trinajstić information content (AvgIpc) is 2.89. The Bertz CT molecular complexity index is 282. The molecule has 4 heteroatoms. The minimum atomic E-state index is -0.163. The van der Waals surface area contributed by atoms with Crippen LogP contribution in [0.15, 0.2) is 0 Å². The molecule has 0 radical (unpaired) electrons. The summed E-state index contributed by atoms with van der Waals surface area (Å²) in [6.07, 6.45) is 5.63. The van der Waals surface area contributed by atoms with Gasteiger partial charge in [0.25, 0.3) is 0 Å². The van der Waals surface area contributed by atoms with Crippen LogP contribution in [0.25, 0.3) is 0 Å². The van der Waals surface area contributed by atoms with Gasteiger partial charge >= 0.3 is 0 Å². The topological polar surface area (TPSA) is 41.6 Å². The van der Waals surface area contributed by atoms with Crippen LogP contribution in [0.5, 0.6) is 0 Å². The quantitative estimate of drug-likeness (QED) is 0.824. The Balaban J connectivity index is 1.90. The lowest BCUT2D eigenvalue weighted by atomic mass is 9.82. The molecule has 1 amide bonds. The van der Waals surface area contributed by atoms with Crippen molar-refractivity contribution in [3.63, 3.8) is 0 Å². The Kier molecular flexibility index (Phi) is 4.62. The summed E-state index contributed by atoms with van der Waals surface area (Å²) >= 11 is 0. The number of nitrogens with one attached hydrogen (secondary N) is 1. The zero-order valence-electron chi connectivity index (χ0n) is 11.7. The summed E-state index contributed by atoms with van der Waals surface area (Å²) in [5.41, 5.74) is -0.163. The molecule has 0 bridgehead atoms. The molecule has 2 aliphatic heterocycles. The van der Waals surface area contributed by atoms with E-state index in [1.807, 2.05) is 11.9 Å². The summed E-state index contributed by atoms with van der Waals surface area (Å²) in [6, 6.07) is 0. The monoisotopic (exact) mass is 254 g/mol. The highest BCUT2D eigenvalue weighted by atomic mass is 16.5. The molecule has 0 saturated carbocycles. The SMILES string of the molecule is CCC1(C(=O)N(C)CC2CCCCO2)CCNC1. The number of hydrogen-bond acceptors (Lipinski definition) is 3. The van der Waals surface area contributed by atoms with Crippen molar-refractivity contribution in [2.45, 2.75) is 45.1 Å². The second kappa shape index (κ2) is 6.02. The highest BCUT2D eigenvalue weighted by Crippen LogP contribution is 2.31. The van der Waals surface area contributed by atoms with Gasteiger partial charge in [-0.1, -0.05) is 6.92 Å². The van der Waals surface area contributed by atoms with Crippen LogP contribution in [0.3, 0.4) is 0 Å². The van der Waals surface area contributed by atoms with Gasteiger partial charge in [-0.2, -0.15) is 0 Å². The molecular formula is C14H26N2O2. The first kappa shape index (κ1) is 13.8. The Labute approximate surface area is 110 Å². The van der Waals surface area contributed by atoms with Gasteiger partial charge in [0, 0.05) is 26.7 Å². The molecule has 104 valence electrons. The first-order valence-corrected chi connectivity index (χ1v) is 7.26. The lowest BCUT2D eigenvalue weighted by Gasteiger charge is -2.34. The number of carbonyl (C=O) groups excluding carboxylic acids is 1. The number of amides is 1. The van der Waals surface area contributed by atoms with Crippen LogP contribution in [-0.4, -0.2) is 50.2 Å². The van der Waals surface area contributed by atoms with E-state index in [0.29, 0.717) is 5.91 Å². The summed E-state index contributed by atoms with van der Waals surface area (Å²) in [6.45, 7) is 5.52. The second-order valence-electron chi connectivity index (χ2n) is 5.73. The van der Waals surface area contributed by atoms with Gasteiger partial charge in [-0.15, -0.1) is 0 Å². The van der Waals surface area contributed by atoms with Gasteiger partial charge in [0.15, 0.2) is 0 Å². The summed E-state index contributed by atoms with van der Waals surface area (Å²) in [5, 5.41) is 3.32. The zero-order valence-corrected chi connectivity index (χ0v) is 11.7. The molecule has 2 rings (SSSR count). The van der Waals surface area contributed by atoms with Gasteiger partial charge in [0.1, 0.15) is 0 Å². The molecule has 2 heterocycles. The number of hydrogen-bond donors (Lipinski definition) is 1. The molecule has 2 fully saturated rings. The standard InChI is InChI=1S/C14H26N2O2/c1-3-14(7-8-15-11-14)13(17)16(2)10-12-6-4-5-9-18-12/h12,15H,3-11H2,1-2H3. The average molecular weight is 254 g/mol. The van der Waals surface area contributed by atoms with Crippen molar-refractivity contribution < 1.29 is 9.53 Å². The van der Waals surface area contributed by atoms with E-state index in [0.717, 1.165) is 51.9 Å². The lowest BCUT2D eigenvalue weighted by molar-refractivity contribution is -0.142. The van der Waals surface area contributed by atoms with E-state index in [2.05, 4.69) is 12.2 Å². The normalized spacial score (nSPS) is 32.4. The van der Waals surface area contributed by atoms with Crippen LogP contribution >= 0.6 is 0 Å². The Hall–Kier alpha value is -0.610. The largest absolute Gasteiger partial charge is 0.376 e. The maximum atomic E-state index is 12.6. The van der Waals surface area contributed by atoms with E-state index in [4.69, 9.17) is 4.74 Å². The Morgan fingerprint density at radius 3 is 2.89 bits per heavy atom. The third-order valence-electron chi connectivity index (χ3n) is 4.47. The molecule has 18 heavy (non-hydrogen) atoms. The number of ether oxygens (including phenoxy) is 1. The predicted octanol–water partition coefficient (Wildman–Crippen LogP) is 1.40. The molecule has 1 N–H and O–H groups in total. The van der Waals surface area contributed by atoms with E-state index < -0.39 is 0 Å². The van der Waals surface area contributed by atoms with Crippen LogP contribution in [0.2, 0.25) is 0 Å². The molecular weight excluding hydrogens is 228 g/mol. The van der Waals surface area contributed by atoms with Crippen molar-refractivity contribution in [1.82, 2.24) is 10.2 Å². The fraction of sp³-hybridized carbons (Fsp3) is 0.929. The van der Waals surface area contributed by atoms with E-state index in [9.17, 15) is 4.79 Å². The van der Waals surface area contributed by atoms with Crippen LogP contribution in [-0.2, 0) is 9.53 Å². The second-order valence-corrected chi connectivity index (χ2v) is 5.73. The lowest BCUT2D eigenvalue weighted by Crippen LogP contribution is -2.46. The third-order valence-corrected chi connectivity index (χ3v) is 4.47. The molecule has 0 aromatic carbocycles. The zero-order chi connectivity index (χ0) is 13.0. The van der Waals surface area contributed by atoms with E-state index in [1.165, 1.54) is 6.42 Å². The number of rotatable bonds is 4. The van der Waals surface area contributed by atoms with Crippen molar-refractivity contribution in [1.29, 1.82) is 0 Å². The van der Waals surface area contributed by atoms with Crippen molar-refractivity contribution in [3.05, 3.63) is 0 Å². The maximum absolute atomic E-state index is 12.6. The summed E-state index contributed by atoms with van der Waals surface area (Å²) in [7, 11) is 1.93. The number of likely N-dealkylation sites (N-methyl/N-ethyl adjacent to an activating group) is 1. The first-order chi connectivity index (χ1) is 8.68. The molecule has 2 unspecified atom stereocenters. The molecule has 2 aliphatic rings. The molecule has 0 aromatic rings. The van der Waals surface area contributed by atoms with E-state index in [-0.39, 0.29) is 11.5 Å². The van der Waals surface area contributed by atoms with Crippen molar-refractivity contribution in [2.24, 2.45) is 5.41 Å². The van der Waals surface area contributed by atoms with Gasteiger partial charge in [-0.25, -0.2) is 0 Å². The fourth-order valence-corrected chi connectivity index (χ4v) is 3.12. The van der Waals surface area contributed by atoms with E-state index in [1.54, 1.807) is 0 Å². The number of nitrogens with zero attached hydrogens (tertiary/aromatic N) is 1. The molecule has 2 saturated heterocycles. The van der Waals surface area contributed by atoms with Crippen molar-refractivity contribution in [3.8, 4) is 0 Å². The summed E-state index contributed by atoms with van der Waals surface area (Å²) in [4.78, 5) is 14.5. The smallest absolute Gasteiger partial charge is 0.229 e. The third kappa shape index (κ3) is 2.86. The van der Waals surface area contributed by atoms with Crippen molar-refractivity contribution >= 4 is 5.91 Å². The van der Waals surface area contributed by atoms with Gasteiger partial charge in [-0.05, 0) is 38.6 Å². The Morgan fingerprint density at radius 1 is 1.50 bits per heavy atom.